The van der Waals surface area contributed by atoms with Gasteiger partial charge in [-0.2, -0.15) is 0 Å². The number of imidazole rings is 1. The summed E-state index contributed by atoms with van der Waals surface area (Å²) in [5.41, 5.74) is 1.72. The van der Waals surface area contributed by atoms with Crippen LogP contribution in [0.4, 0.5) is 5.69 Å². The van der Waals surface area contributed by atoms with Crippen LogP contribution in [0.1, 0.15) is 5.56 Å². The van der Waals surface area contributed by atoms with E-state index in [1.165, 1.54) is 40.0 Å². The molecule has 1 aromatic heterocycles. The number of nitro benzene ring substituents is 1. The molecule has 0 amide bonds. The number of thioether (sulfide) groups is 1. The lowest BCUT2D eigenvalue weighted by Crippen LogP contribution is -2.14. The van der Waals surface area contributed by atoms with Crippen LogP contribution in [0.2, 0.25) is 0 Å². The van der Waals surface area contributed by atoms with Crippen molar-refractivity contribution in [3.05, 3.63) is 92.9 Å². The highest BCUT2D eigenvalue weighted by Crippen LogP contribution is 2.31. The number of fused-ring (bicyclic) bond motifs is 1. The van der Waals surface area contributed by atoms with E-state index in [0.29, 0.717) is 27.5 Å². The maximum atomic E-state index is 13.4. The summed E-state index contributed by atoms with van der Waals surface area (Å²) in [5.74, 6) is 0.334. The Morgan fingerprint density at radius 1 is 1.03 bits per heavy atom. The van der Waals surface area contributed by atoms with E-state index in [2.05, 4.69) is 20.9 Å². The fraction of sp³-hybridized carbons (Fsp3) is 0.0500. The van der Waals surface area contributed by atoms with Crippen molar-refractivity contribution in [1.29, 1.82) is 0 Å². The SMILES string of the molecule is O=[N+]([O-])c1cccc(CSc2nc3ccccc3n2S(=O)(=O)c2ccc(Br)cc2)c1. The Hall–Kier alpha value is -2.69. The Morgan fingerprint density at radius 3 is 2.50 bits per heavy atom. The van der Waals surface area contributed by atoms with Gasteiger partial charge in [-0.1, -0.05) is 52.0 Å². The average molecular weight is 504 g/mol. The summed E-state index contributed by atoms with van der Waals surface area (Å²) >= 11 is 4.53. The number of nitrogens with zero attached hydrogens (tertiary/aromatic N) is 3. The first-order valence-corrected chi connectivity index (χ1v) is 11.9. The zero-order valence-corrected chi connectivity index (χ0v) is 18.5. The molecule has 0 radical (unpaired) electrons. The van der Waals surface area contributed by atoms with E-state index in [1.807, 2.05) is 0 Å². The topological polar surface area (TPSA) is 95.1 Å². The van der Waals surface area contributed by atoms with Crippen LogP contribution in [0.3, 0.4) is 0 Å². The van der Waals surface area contributed by atoms with Crippen molar-refractivity contribution in [2.45, 2.75) is 15.8 Å². The molecule has 4 aromatic rings. The lowest BCUT2D eigenvalue weighted by molar-refractivity contribution is -0.384. The van der Waals surface area contributed by atoms with Crippen molar-refractivity contribution < 1.29 is 13.3 Å². The smallest absolute Gasteiger partial charge is 0.258 e. The molecule has 1 heterocycles. The number of rotatable bonds is 6. The third-order valence-electron chi connectivity index (χ3n) is 4.33. The zero-order valence-electron chi connectivity index (χ0n) is 15.3. The number of halogens is 1. The van der Waals surface area contributed by atoms with Crippen LogP contribution in [0.25, 0.3) is 11.0 Å². The Labute approximate surface area is 185 Å². The number of nitro groups is 1. The predicted octanol–water partition coefficient (Wildman–Crippen LogP) is 5.24. The molecule has 0 saturated carbocycles. The molecule has 152 valence electrons. The fourth-order valence-electron chi connectivity index (χ4n) is 2.92. The molecule has 0 fully saturated rings. The van der Waals surface area contributed by atoms with Crippen molar-refractivity contribution >= 4 is 54.4 Å². The molecule has 0 aliphatic heterocycles. The monoisotopic (exact) mass is 503 g/mol. The molecule has 0 saturated heterocycles. The quantitative estimate of drug-likeness (QED) is 0.203. The van der Waals surface area contributed by atoms with Gasteiger partial charge in [0.2, 0.25) is 0 Å². The Bertz CT molecular complexity index is 1350. The maximum absolute atomic E-state index is 13.4. The largest absolute Gasteiger partial charge is 0.270 e. The van der Waals surface area contributed by atoms with Crippen LogP contribution in [-0.4, -0.2) is 22.3 Å². The normalized spacial score (nSPS) is 11.6. The standard InChI is InChI=1S/C20H14BrN3O4S2/c21-15-8-10-17(11-9-15)30(27,28)23-19-7-2-1-6-18(19)22-20(23)29-13-14-4-3-5-16(12-14)24(25)26/h1-12H,13H2. The minimum Gasteiger partial charge on any atom is -0.258 e. The van der Waals surface area contributed by atoms with Gasteiger partial charge in [0.25, 0.3) is 15.7 Å². The Balaban J connectivity index is 1.77. The van der Waals surface area contributed by atoms with Crippen molar-refractivity contribution in [1.82, 2.24) is 8.96 Å². The van der Waals surface area contributed by atoms with Gasteiger partial charge in [0.05, 0.1) is 20.9 Å². The molecule has 0 atom stereocenters. The van der Waals surface area contributed by atoms with Crippen LogP contribution in [0.15, 0.2) is 87.3 Å². The van der Waals surface area contributed by atoms with E-state index in [1.54, 1.807) is 48.5 Å². The first-order chi connectivity index (χ1) is 14.4. The Kier molecular flexibility index (Phi) is 5.63. The second-order valence-corrected chi connectivity index (χ2v) is 9.97. The van der Waals surface area contributed by atoms with Gasteiger partial charge in [-0.05, 0) is 42.0 Å². The summed E-state index contributed by atoms with van der Waals surface area (Å²) < 4.78 is 28.8. The molecule has 0 aliphatic carbocycles. The first-order valence-electron chi connectivity index (χ1n) is 8.71. The minimum absolute atomic E-state index is 0.0101. The second-order valence-electron chi connectivity index (χ2n) is 6.32. The average Bonchev–Trinajstić information content (AvgIpc) is 3.12. The second kappa shape index (κ2) is 8.21. The van der Waals surface area contributed by atoms with E-state index in [-0.39, 0.29) is 10.6 Å². The van der Waals surface area contributed by atoms with E-state index in [4.69, 9.17) is 0 Å². The van der Waals surface area contributed by atoms with Gasteiger partial charge in [0.15, 0.2) is 5.16 Å². The van der Waals surface area contributed by atoms with E-state index in [9.17, 15) is 18.5 Å². The number of hydrogen-bond donors (Lipinski definition) is 0. The van der Waals surface area contributed by atoms with Crippen LogP contribution >= 0.6 is 27.7 Å². The zero-order chi connectivity index (χ0) is 21.3. The van der Waals surface area contributed by atoms with E-state index in [0.717, 1.165) is 4.47 Å². The third-order valence-corrected chi connectivity index (χ3v) is 7.70. The molecule has 0 spiro atoms. The van der Waals surface area contributed by atoms with Gasteiger partial charge in [-0.15, -0.1) is 0 Å². The van der Waals surface area contributed by atoms with Gasteiger partial charge in [0.1, 0.15) is 0 Å². The lowest BCUT2D eigenvalue weighted by atomic mass is 10.2. The summed E-state index contributed by atoms with van der Waals surface area (Å²) in [7, 11) is -3.89. The summed E-state index contributed by atoms with van der Waals surface area (Å²) in [6.45, 7) is 0. The molecule has 4 rings (SSSR count). The molecule has 0 unspecified atom stereocenters. The Morgan fingerprint density at radius 2 is 1.77 bits per heavy atom. The third kappa shape index (κ3) is 3.98. The van der Waals surface area contributed by atoms with Crippen LogP contribution < -0.4 is 0 Å². The number of aromatic nitrogens is 2. The van der Waals surface area contributed by atoms with Gasteiger partial charge in [0, 0.05) is 22.4 Å². The molecule has 10 heteroatoms. The summed E-state index contributed by atoms with van der Waals surface area (Å²) in [4.78, 5) is 15.2. The summed E-state index contributed by atoms with van der Waals surface area (Å²) in [5, 5.41) is 11.3. The highest BCUT2D eigenvalue weighted by molar-refractivity contribution is 9.10. The molecule has 7 nitrogen and oxygen atoms in total. The molecule has 0 N–H and O–H groups in total. The highest BCUT2D eigenvalue weighted by Gasteiger charge is 2.24. The molecular formula is C20H14BrN3O4S2. The summed E-state index contributed by atoms with van der Waals surface area (Å²) in [6, 6.07) is 19.7. The van der Waals surface area contributed by atoms with Crippen molar-refractivity contribution in [2.75, 3.05) is 0 Å². The highest BCUT2D eigenvalue weighted by atomic mass is 79.9. The van der Waals surface area contributed by atoms with Crippen molar-refractivity contribution in [3.63, 3.8) is 0 Å². The number of para-hydroxylation sites is 2. The minimum atomic E-state index is -3.89. The van der Waals surface area contributed by atoms with Gasteiger partial charge in [-0.3, -0.25) is 10.1 Å². The molecule has 3 aromatic carbocycles. The summed E-state index contributed by atoms with van der Waals surface area (Å²) in [6.07, 6.45) is 0. The van der Waals surface area contributed by atoms with Gasteiger partial charge >= 0.3 is 0 Å². The first kappa shape index (κ1) is 20.6. The molecule has 30 heavy (non-hydrogen) atoms. The van der Waals surface area contributed by atoms with Crippen LogP contribution in [0.5, 0.6) is 0 Å². The molecule has 0 bridgehead atoms. The van der Waals surface area contributed by atoms with E-state index >= 15 is 0 Å². The van der Waals surface area contributed by atoms with E-state index < -0.39 is 14.9 Å². The maximum Gasteiger partial charge on any atom is 0.270 e. The van der Waals surface area contributed by atoms with Gasteiger partial charge in [-0.25, -0.2) is 17.4 Å². The van der Waals surface area contributed by atoms with Crippen molar-refractivity contribution in [2.24, 2.45) is 0 Å². The van der Waals surface area contributed by atoms with Crippen LogP contribution in [-0.2, 0) is 15.8 Å². The van der Waals surface area contributed by atoms with Gasteiger partial charge < -0.3 is 0 Å². The number of hydrogen-bond acceptors (Lipinski definition) is 6. The number of benzene rings is 3. The lowest BCUT2D eigenvalue weighted by Gasteiger charge is -2.10. The molecule has 0 aliphatic rings. The predicted molar refractivity (Wildman–Crippen MR) is 119 cm³/mol. The fourth-order valence-corrected chi connectivity index (χ4v) is 5.85. The van der Waals surface area contributed by atoms with Crippen molar-refractivity contribution in [3.8, 4) is 0 Å². The number of non-ortho nitro benzene ring substituents is 1. The molecular weight excluding hydrogens is 490 g/mol. The van der Waals surface area contributed by atoms with Crippen LogP contribution in [0, 0.1) is 10.1 Å².